The first-order valence-electron chi connectivity index (χ1n) is 3.99. The average molecular weight is 154 g/mol. The molecule has 2 rings (SSSR count). The third kappa shape index (κ3) is 1.72. The number of hydrogen-bond acceptors (Lipinski definition) is 0. The van der Waals surface area contributed by atoms with Crippen LogP contribution in [0.1, 0.15) is 25.7 Å². The Morgan fingerprint density at radius 3 is 2.73 bits per heavy atom. The smallest absolute Gasteiger partial charge is 0.0806 e. The summed E-state index contributed by atoms with van der Waals surface area (Å²) in [6, 6.07) is 0. The summed E-state index contributed by atoms with van der Waals surface area (Å²) in [7, 11) is 3.68. The van der Waals surface area contributed by atoms with Crippen molar-refractivity contribution < 1.29 is 18.9 Å². The van der Waals surface area contributed by atoms with Gasteiger partial charge in [0.1, 0.15) is 0 Å². The van der Waals surface area contributed by atoms with Crippen molar-refractivity contribution in [3.63, 3.8) is 0 Å². The second-order valence-corrected chi connectivity index (χ2v) is 3.72. The van der Waals surface area contributed by atoms with Crippen molar-refractivity contribution in [1.82, 2.24) is 0 Å². The Bertz CT molecular complexity index is 206. The quantitative estimate of drug-likeness (QED) is 0.408. The van der Waals surface area contributed by atoms with Crippen LogP contribution >= 0.6 is 0 Å². The van der Waals surface area contributed by atoms with Gasteiger partial charge in [-0.05, 0) is 36.8 Å². The average Bonchev–Trinajstić information content (AvgIpc) is 2.34. The van der Waals surface area contributed by atoms with Crippen LogP contribution in [0.4, 0.5) is 0 Å². The van der Waals surface area contributed by atoms with E-state index < -0.39 is 0 Å². The van der Waals surface area contributed by atoms with E-state index in [1.54, 1.807) is 11.1 Å². The second-order valence-electron chi connectivity index (χ2n) is 3.09. The van der Waals surface area contributed by atoms with Crippen LogP contribution in [0.2, 0.25) is 5.54 Å². The van der Waals surface area contributed by atoms with Crippen LogP contribution in [0.3, 0.4) is 0 Å². The molecule has 0 amide bonds. The van der Waals surface area contributed by atoms with E-state index in [9.17, 15) is 0 Å². The molecule has 0 aromatic carbocycles. The fourth-order valence-corrected chi connectivity index (χ4v) is 2.25. The molecule has 2 heteroatoms. The van der Waals surface area contributed by atoms with Gasteiger partial charge in [-0.25, -0.2) is 0 Å². The van der Waals surface area contributed by atoms with Gasteiger partial charge in [0.2, 0.25) is 0 Å². The van der Waals surface area contributed by atoms with Crippen LogP contribution in [0.5, 0.6) is 0 Å². The van der Waals surface area contributed by atoms with Gasteiger partial charge in [0.15, 0.2) is 0 Å². The van der Waals surface area contributed by atoms with Gasteiger partial charge in [0.25, 0.3) is 0 Å². The van der Waals surface area contributed by atoms with E-state index in [0.717, 1.165) is 0 Å². The Hall–Kier alpha value is 0.294. The molecule has 2 aliphatic rings. The van der Waals surface area contributed by atoms with E-state index in [4.69, 9.17) is 0 Å². The van der Waals surface area contributed by atoms with Crippen molar-refractivity contribution in [1.29, 1.82) is 0 Å². The molecule has 0 N–H and O–H groups in total. The molecule has 1 atom stereocenters. The van der Waals surface area contributed by atoms with E-state index in [2.05, 4.69) is 22.4 Å². The Morgan fingerprint density at radius 2 is 2.00 bits per heavy atom. The van der Waals surface area contributed by atoms with Crippen LogP contribution in [-0.4, -0.2) is 10.2 Å². The molecular weight excluding hydrogens is 143 g/mol. The van der Waals surface area contributed by atoms with E-state index in [1.807, 2.05) is 0 Å². The minimum atomic E-state index is 0. The second kappa shape index (κ2) is 3.80. The summed E-state index contributed by atoms with van der Waals surface area (Å²) in [4.78, 5) is 0. The van der Waals surface area contributed by atoms with Crippen LogP contribution in [0.15, 0.2) is 23.3 Å². The first-order valence-corrected chi connectivity index (χ1v) is 4.57. The molecule has 0 heterocycles. The zero-order valence-corrected chi connectivity index (χ0v) is 8.06. The Morgan fingerprint density at radius 1 is 1.27 bits per heavy atom. The molecule has 0 aromatic heterocycles. The van der Waals surface area contributed by atoms with Gasteiger partial charge in [-0.15, -0.1) is 0 Å². The molecular formula is C9H11LiSi+. The summed E-state index contributed by atoms with van der Waals surface area (Å²) in [6.07, 6.45) is 9.95. The molecule has 11 heavy (non-hydrogen) atoms. The minimum absolute atomic E-state index is 0. The fraction of sp³-hybridized carbons (Fsp3) is 0.556. The van der Waals surface area contributed by atoms with E-state index in [0.29, 0.717) is 5.54 Å². The van der Waals surface area contributed by atoms with Crippen molar-refractivity contribution in [2.24, 2.45) is 0 Å². The van der Waals surface area contributed by atoms with Crippen molar-refractivity contribution in [2.75, 3.05) is 0 Å². The largest absolute Gasteiger partial charge is 1.00 e. The van der Waals surface area contributed by atoms with Crippen LogP contribution in [-0.2, 0) is 0 Å². The summed E-state index contributed by atoms with van der Waals surface area (Å²) in [5.74, 6) is 0. The standard InChI is InChI=1S/C9H11Si.Li/c10-9-6-5-7-3-1-2-4-8(7)9;/h5-6,9H,1-4H2;/q;+1. The number of rotatable bonds is 0. The van der Waals surface area contributed by atoms with Crippen LogP contribution in [0, 0.1) is 0 Å². The normalized spacial score (nSPS) is 28.3. The molecule has 0 saturated carbocycles. The number of allylic oxidation sites excluding steroid dienone is 4. The van der Waals surface area contributed by atoms with Crippen LogP contribution in [0.25, 0.3) is 0 Å². The molecule has 51 valence electrons. The van der Waals surface area contributed by atoms with E-state index in [1.165, 1.54) is 25.7 Å². The topological polar surface area (TPSA) is 0 Å². The van der Waals surface area contributed by atoms with Gasteiger partial charge in [-0.2, -0.15) is 0 Å². The zero-order chi connectivity index (χ0) is 6.97. The summed E-state index contributed by atoms with van der Waals surface area (Å²) in [6.45, 7) is 0. The van der Waals surface area contributed by atoms with Gasteiger partial charge in [-0.3, -0.25) is 0 Å². The third-order valence-corrected chi connectivity index (χ3v) is 2.96. The maximum atomic E-state index is 3.68. The summed E-state index contributed by atoms with van der Waals surface area (Å²) in [5.41, 5.74) is 3.81. The van der Waals surface area contributed by atoms with Gasteiger partial charge in [-0.1, -0.05) is 17.7 Å². The SMILES string of the molecule is [Li+].[Si]C1C=CC2=C1CCCC2. The van der Waals surface area contributed by atoms with Crippen molar-refractivity contribution in [3.8, 4) is 0 Å². The molecule has 0 aliphatic heterocycles. The minimum Gasteiger partial charge on any atom is -0.0806 e. The molecule has 1 unspecified atom stereocenters. The molecule has 0 bridgehead atoms. The molecule has 0 nitrogen and oxygen atoms in total. The van der Waals surface area contributed by atoms with E-state index in [-0.39, 0.29) is 18.9 Å². The van der Waals surface area contributed by atoms with E-state index >= 15 is 0 Å². The van der Waals surface area contributed by atoms with Crippen LogP contribution < -0.4 is 18.9 Å². The van der Waals surface area contributed by atoms with Gasteiger partial charge in [0, 0.05) is 10.2 Å². The maximum absolute atomic E-state index is 3.68. The first kappa shape index (κ1) is 9.38. The van der Waals surface area contributed by atoms with Crippen molar-refractivity contribution in [3.05, 3.63) is 23.3 Å². The first-order chi connectivity index (χ1) is 4.88. The fourth-order valence-electron chi connectivity index (χ4n) is 1.83. The van der Waals surface area contributed by atoms with Gasteiger partial charge < -0.3 is 0 Å². The third-order valence-electron chi connectivity index (χ3n) is 2.42. The maximum Gasteiger partial charge on any atom is 1.00 e. The predicted octanol–water partition coefficient (Wildman–Crippen LogP) is -0.612. The van der Waals surface area contributed by atoms with Crippen molar-refractivity contribution >= 4 is 10.2 Å². The monoisotopic (exact) mass is 154 g/mol. The van der Waals surface area contributed by atoms with Gasteiger partial charge in [0.05, 0.1) is 0 Å². The molecule has 3 radical (unpaired) electrons. The summed E-state index contributed by atoms with van der Waals surface area (Å²) in [5, 5.41) is 0. The molecule has 2 aliphatic carbocycles. The van der Waals surface area contributed by atoms with Gasteiger partial charge >= 0.3 is 18.9 Å². The molecule has 0 saturated heterocycles. The van der Waals surface area contributed by atoms with Crippen molar-refractivity contribution in [2.45, 2.75) is 31.2 Å². The number of hydrogen-bond donors (Lipinski definition) is 0. The molecule has 0 spiro atoms. The Kier molecular flexibility index (Phi) is 3.24. The Balaban J connectivity index is 0.000000605. The zero-order valence-electron chi connectivity index (χ0n) is 7.06. The Labute approximate surface area is 83.7 Å². The predicted molar refractivity (Wildman–Crippen MR) is 44.1 cm³/mol. The molecule has 0 fully saturated rings. The summed E-state index contributed by atoms with van der Waals surface area (Å²) >= 11 is 0. The molecule has 0 aromatic rings. The summed E-state index contributed by atoms with van der Waals surface area (Å²) < 4.78 is 0.